The summed E-state index contributed by atoms with van der Waals surface area (Å²) in [7, 11) is 0. The zero-order valence-corrected chi connectivity index (χ0v) is 14.5. The molecule has 0 aliphatic carbocycles. The first-order valence-corrected chi connectivity index (χ1v) is 8.90. The Hall–Kier alpha value is -3.10. The highest BCUT2D eigenvalue weighted by molar-refractivity contribution is 6.04. The summed E-state index contributed by atoms with van der Waals surface area (Å²) < 4.78 is 0. The fourth-order valence-electron chi connectivity index (χ4n) is 3.50. The van der Waals surface area contributed by atoms with Crippen LogP contribution in [-0.4, -0.2) is 24.1 Å². The van der Waals surface area contributed by atoms with E-state index in [2.05, 4.69) is 16.3 Å². The smallest absolute Gasteiger partial charge is 0.137 e. The fraction of sp³-hybridized carbons (Fsp3) is 0.238. The molecule has 26 heavy (non-hydrogen) atoms. The fourth-order valence-corrected chi connectivity index (χ4v) is 3.50. The zero-order chi connectivity index (χ0) is 17.9. The van der Waals surface area contributed by atoms with Crippen LogP contribution in [0.2, 0.25) is 0 Å². The number of hydrogen-bond donors (Lipinski definition) is 2. The van der Waals surface area contributed by atoms with Crippen molar-refractivity contribution in [2.24, 2.45) is 5.73 Å². The van der Waals surface area contributed by atoms with Gasteiger partial charge in [-0.2, -0.15) is 5.26 Å². The van der Waals surface area contributed by atoms with E-state index >= 15 is 0 Å². The van der Waals surface area contributed by atoms with Gasteiger partial charge in [-0.15, -0.1) is 0 Å². The highest BCUT2D eigenvalue weighted by Gasteiger charge is 2.21. The Morgan fingerprint density at radius 2 is 1.85 bits per heavy atom. The van der Waals surface area contributed by atoms with Gasteiger partial charge in [0.15, 0.2) is 0 Å². The number of nitrogens with zero attached hydrogens (tertiary/aromatic N) is 3. The highest BCUT2D eigenvalue weighted by atomic mass is 15.2. The van der Waals surface area contributed by atoms with Crippen LogP contribution in [0.15, 0.2) is 54.7 Å². The van der Waals surface area contributed by atoms with Gasteiger partial charge in [-0.25, -0.2) is 4.98 Å². The lowest BCUT2D eigenvalue weighted by atomic mass is 10.0. The highest BCUT2D eigenvalue weighted by Crippen LogP contribution is 2.35. The van der Waals surface area contributed by atoms with Gasteiger partial charge in [0.2, 0.25) is 0 Å². The Balaban J connectivity index is 1.82. The van der Waals surface area contributed by atoms with E-state index in [0.717, 1.165) is 53.9 Å². The van der Waals surface area contributed by atoms with Crippen LogP contribution in [0.3, 0.4) is 0 Å². The summed E-state index contributed by atoms with van der Waals surface area (Å²) in [4.78, 5) is 6.98. The standard InChI is InChI=1S/C21H21N5/c22-13-15-5-4-8-18-19(25-17-6-2-1-3-7-17)14-24-21(20(15)18)26-11-9-16(23)10-12-26/h1-8,14,16,25H,9-12,23H2. The van der Waals surface area contributed by atoms with Gasteiger partial charge in [0.05, 0.1) is 23.5 Å². The Morgan fingerprint density at radius 3 is 2.58 bits per heavy atom. The molecule has 2 heterocycles. The number of rotatable bonds is 3. The van der Waals surface area contributed by atoms with E-state index < -0.39 is 0 Å². The molecular formula is C21H21N5. The molecule has 1 aliphatic heterocycles. The third-order valence-electron chi connectivity index (χ3n) is 4.91. The Labute approximate surface area is 153 Å². The summed E-state index contributed by atoms with van der Waals surface area (Å²) >= 11 is 0. The summed E-state index contributed by atoms with van der Waals surface area (Å²) in [6.45, 7) is 1.74. The van der Waals surface area contributed by atoms with Crippen LogP contribution in [0, 0.1) is 11.3 Å². The molecule has 3 aromatic rings. The van der Waals surface area contributed by atoms with Crippen LogP contribution in [0.1, 0.15) is 18.4 Å². The summed E-state index contributed by atoms with van der Waals surface area (Å²) in [5, 5.41) is 15.0. The van der Waals surface area contributed by atoms with Crippen molar-refractivity contribution in [2.75, 3.05) is 23.3 Å². The Morgan fingerprint density at radius 1 is 1.08 bits per heavy atom. The van der Waals surface area contributed by atoms with E-state index in [1.54, 1.807) is 0 Å². The van der Waals surface area contributed by atoms with Crippen molar-refractivity contribution in [2.45, 2.75) is 18.9 Å². The van der Waals surface area contributed by atoms with E-state index in [-0.39, 0.29) is 6.04 Å². The van der Waals surface area contributed by atoms with Crippen molar-refractivity contribution in [3.63, 3.8) is 0 Å². The van der Waals surface area contributed by atoms with E-state index in [0.29, 0.717) is 5.56 Å². The Bertz CT molecular complexity index is 953. The maximum Gasteiger partial charge on any atom is 0.137 e. The van der Waals surface area contributed by atoms with Crippen LogP contribution in [0.4, 0.5) is 17.2 Å². The number of nitrogens with one attached hydrogen (secondary N) is 1. The first-order valence-electron chi connectivity index (χ1n) is 8.90. The van der Waals surface area contributed by atoms with Crippen LogP contribution in [-0.2, 0) is 0 Å². The minimum Gasteiger partial charge on any atom is -0.356 e. The lowest BCUT2D eigenvalue weighted by Crippen LogP contribution is -2.40. The molecule has 0 unspecified atom stereocenters. The van der Waals surface area contributed by atoms with Crippen molar-refractivity contribution in [3.8, 4) is 6.07 Å². The number of pyridine rings is 1. The third kappa shape index (κ3) is 3.07. The molecule has 0 amide bonds. The normalized spacial score (nSPS) is 15.0. The first-order chi connectivity index (χ1) is 12.8. The molecule has 0 saturated carbocycles. The van der Waals surface area contributed by atoms with Gasteiger partial charge in [-0.05, 0) is 31.0 Å². The molecule has 0 atom stereocenters. The van der Waals surface area contributed by atoms with E-state index in [4.69, 9.17) is 10.7 Å². The maximum atomic E-state index is 9.64. The molecule has 4 rings (SSSR count). The molecule has 3 N–H and O–H groups in total. The van der Waals surface area contributed by atoms with E-state index in [1.165, 1.54) is 0 Å². The van der Waals surface area contributed by atoms with Crippen molar-refractivity contribution >= 4 is 28.0 Å². The number of aromatic nitrogens is 1. The minimum absolute atomic E-state index is 0.256. The van der Waals surface area contributed by atoms with Crippen molar-refractivity contribution in [3.05, 3.63) is 60.3 Å². The molecule has 2 aromatic carbocycles. The summed E-state index contributed by atoms with van der Waals surface area (Å²) in [5.74, 6) is 0.877. The minimum atomic E-state index is 0.256. The second-order valence-corrected chi connectivity index (χ2v) is 6.65. The van der Waals surface area contributed by atoms with Crippen molar-refractivity contribution in [1.29, 1.82) is 5.26 Å². The molecule has 1 fully saturated rings. The Kier molecular flexibility index (Phi) is 4.42. The summed E-state index contributed by atoms with van der Waals surface area (Å²) in [6.07, 6.45) is 3.75. The largest absolute Gasteiger partial charge is 0.356 e. The number of benzene rings is 2. The van der Waals surface area contributed by atoms with Gasteiger partial charge in [0, 0.05) is 35.6 Å². The van der Waals surface area contributed by atoms with Crippen molar-refractivity contribution < 1.29 is 0 Å². The summed E-state index contributed by atoms with van der Waals surface area (Å²) in [5.41, 5.74) is 8.59. The molecule has 0 bridgehead atoms. The number of anilines is 3. The molecular weight excluding hydrogens is 322 g/mol. The van der Waals surface area contributed by atoms with Gasteiger partial charge in [-0.1, -0.05) is 30.3 Å². The van der Waals surface area contributed by atoms with Crippen LogP contribution < -0.4 is 16.0 Å². The topological polar surface area (TPSA) is 78.0 Å². The van der Waals surface area contributed by atoms with E-state index in [1.807, 2.05) is 54.7 Å². The number of piperidine rings is 1. The quantitative estimate of drug-likeness (QED) is 0.757. The second kappa shape index (κ2) is 7.03. The third-order valence-corrected chi connectivity index (χ3v) is 4.91. The zero-order valence-electron chi connectivity index (χ0n) is 14.5. The average Bonchev–Trinajstić information content (AvgIpc) is 2.69. The average molecular weight is 343 g/mol. The molecule has 0 radical (unpaired) electrons. The molecule has 5 heteroatoms. The SMILES string of the molecule is N#Cc1cccc2c(Nc3ccccc3)cnc(N3CCC(N)CC3)c12. The second-order valence-electron chi connectivity index (χ2n) is 6.65. The number of para-hydroxylation sites is 1. The lowest BCUT2D eigenvalue weighted by Gasteiger charge is -2.32. The van der Waals surface area contributed by atoms with Gasteiger partial charge in [-0.3, -0.25) is 0 Å². The summed E-state index contributed by atoms with van der Waals surface area (Å²) in [6, 6.07) is 18.4. The van der Waals surface area contributed by atoms with Crippen LogP contribution >= 0.6 is 0 Å². The van der Waals surface area contributed by atoms with Crippen molar-refractivity contribution in [1.82, 2.24) is 4.98 Å². The monoisotopic (exact) mass is 343 g/mol. The molecule has 1 saturated heterocycles. The molecule has 130 valence electrons. The molecule has 0 spiro atoms. The van der Waals surface area contributed by atoms with Crippen LogP contribution in [0.5, 0.6) is 0 Å². The van der Waals surface area contributed by atoms with Gasteiger partial charge >= 0.3 is 0 Å². The van der Waals surface area contributed by atoms with Gasteiger partial charge in [0.1, 0.15) is 5.82 Å². The number of nitrogens with two attached hydrogens (primary N) is 1. The predicted molar refractivity (Wildman–Crippen MR) is 106 cm³/mol. The lowest BCUT2D eigenvalue weighted by molar-refractivity contribution is 0.499. The van der Waals surface area contributed by atoms with Gasteiger partial charge in [0.25, 0.3) is 0 Å². The van der Waals surface area contributed by atoms with Crippen LogP contribution in [0.25, 0.3) is 10.8 Å². The molecule has 1 aromatic heterocycles. The number of fused-ring (bicyclic) bond motifs is 1. The molecule has 5 nitrogen and oxygen atoms in total. The van der Waals surface area contributed by atoms with Gasteiger partial charge < -0.3 is 16.0 Å². The number of nitriles is 1. The maximum absolute atomic E-state index is 9.64. The first kappa shape index (κ1) is 16.4. The number of hydrogen-bond acceptors (Lipinski definition) is 5. The molecule has 1 aliphatic rings. The predicted octanol–water partition coefficient (Wildman–Crippen LogP) is 3.78. The van der Waals surface area contributed by atoms with E-state index in [9.17, 15) is 5.26 Å².